The van der Waals surface area contributed by atoms with Crippen LogP contribution < -0.4 is 14.8 Å². The molecule has 0 radical (unpaired) electrons. The average molecular weight is 303 g/mol. The fourth-order valence-electron chi connectivity index (χ4n) is 2.29. The molecule has 1 N–H and O–H groups in total. The Balaban J connectivity index is 1.81. The average Bonchev–Trinajstić information content (AvgIpc) is 3.05. The van der Waals surface area contributed by atoms with E-state index in [1.54, 1.807) is 25.6 Å². The second-order valence-electron chi connectivity index (χ2n) is 4.62. The zero-order chi connectivity index (χ0) is 14.8. The van der Waals surface area contributed by atoms with E-state index in [2.05, 4.69) is 14.7 Å². The second-order valence-corrected chi connectivity index (χ2v) is 5.50. The van der Waals surface area contributed by atoms with Crippen LogP contribution in [0.25, 0.3) is 4.96 Å². The van der Waals surface area contributed by atoms with Gasteiger partial charge in [0, 0.05) is 23.3 Å². The summed E-state index contributed by atoms with van der Waals surface area (Å²) in [5, 5.41) is 5.45. The van der Waals surface area contributed by atoms with E-state index in [-0.39, 0.29) is 0 Å². The van der Waals surface area contributed by atoms with E-state index in [1.165, 1.54) is 5.69 Å². The summed E-state index contributed by atoms with van der Waals surface area (Å²) < 4.78 is 12.7. The molecule has 2 heterocycles. The molecular weight excluding hydrogens is 286 g/mol. The zero-order valence-electron chi connectivity index (χ0n) is 12.2. The van der Waals surface area contributed by atoms with E-state index in [0.29, 0.717) is 12.3 Å². The molecule has 3 rings (SSSR count). The zero-order valence-corrected chi connectivity index (χ0v) is 13.0. The van der Waals surface area contributed by atoms with Gasteiger partial charge in [0.1, 0.15) is 0 Å². The number of ether oxygens (including phenoxy) is 2. The van der Waals surface area contributed by atoms with Crippen LogP contribution in [0, 0.1) is 6.92 Å². The fourth-order valence-corrected chi connectivity index (χ4v) is 3.06. The lowest BCUT2D eigenvalue weighted by molar-refractivity contribution is 0.355. The van der Waals surface area contributed by atoms with Crippen LogP contribution in [-0.4, -0.2) is 23.6 Å². The Kier molecular flexibility index (Phi) is 3.70. The highest BCUT2D eigenvalue weighted by Crippen LogP contribution is 2.30. The summed E-state index contributed by atoms with van der Waals surface area (Å²) in [6, 6.07) is 5.80. The van der Waals surface area contributed by atoms with Gasteiger partial charge in [-0.25, -0.2) is 4.98 Å². The molecule has 0 fully saturated rings. The first-order valence-electron chi connectivity index (χ1n) is 6.60. The number of nitrogens with one attached hydrogen (secondary N) is 1. The van der Waals surface area contributed by atoms with Crippen molar-refractivity contribution < 1.29 is 9.47 Å². The number of aromatic nitrogens is 2. The number of nitrogens with zero attached hydrogens (tertiary/aromatic N) is 2. The Hall–Kier alpha value is -2.21. The largest absolute Gasteiger partial charge is 0.493 e. The Morgan fingerprint density at radius 3 is 2.81 bits per heavy atom. The van der Waals surface area contributed by atoms with Crippen LogP contribution >= 0.6 is 11.3 Å². The maximum absolute atomic E-state index is 5.31. The predicted molar refractivity (Wildman–Crippen MR) is 84.7 cm³/mol. The predicted octanol–water partition coefficient (Wildman–Crippen LogP) is 3.33. The summed E-state index contributed by atoms with van der Waals surface area (Å²) in [5.41, 5.74) is 3.20. The van der Waals surface area contributed by atoms with Gasteiger partial charge in [-0.15, -0.1) is 11.3 Å². The minimum absolute atomic E-state index is 0.708. The van der Waals surface area contributed by atoms with Crippen LogP contribution in [-0.2, 0) is 6.54 Å². The maximum Gasteiger partial charge on any atom is 0.194 e. The number of hydrogen-bond acceptors (Lipinski definition) is 5. The molecule has 0 aliphatic rings. The van der Waals surface area contributed by atoms with Crippen LogP contribution in [0.5, 0.6) is 11.5 Å². The molecule has 6 heteroatoms. The quantitative estimate of drug-likeness (QED) is 0.785. The minimum atomic E-state index is 0.708. The van der Waals surface area contributed by atoms with Gasteiger partial charge in [-0.1, -0.05) is 0 Å². The number of hydrogen-bond donors (Lipinski definition) is 1. The monoisotopic (exact) mass is 303 g/mol. The number of rotatable bonds is 5. The SMILES string of the molecule is COc1ccc(NCc2c(C)nc3sccn23)cc1OC. The van der Waals surface area contributed by atoms with Crippen LogP contribution in [0.1, 0.15) is 11.4 Å². The van der Waals surface area contributed by atoms with E-state index in [1.807, 2.05) is 36.7 Å². The van der Waals surface area contributed by atoms with E-state index < -0.39 is 0 Å². The molecule has 5 nitrogen and oxygen atoms in total. The third-order valence-electron chi connectivity index (χ3n) is 3.40. The van der Waals surface area contributed by atoms with Gasteiger partial charge in [-0.3, -0.25) is 4.40 Å². The maximum atomic E-state index is 5.31. The van der Waals surface area contributed by atoms with Crippen molar-refractivity contribution in [3.05, 3.63) is 41.2 Å². The number of thiazole rings is 1. The normalized spacial score (nSPS) is 10.8. The third-order valence-corrected chi connectivity index (χ3v) is 4.16. The number of benzene rings is 1. The molecule has 0 bridgehead atoms. The molecule has 0 amide bonds. The van der Waals surface area contributed by atoms with Crippen LogP contribution in [0.15, 0.2) is 29.8 Å². The lowest BCUT2D eigenvalue weighted by Crippen LogP contribution is -2.04. The Morgan fingerprint density at radius 2 is 2.05 bits per heavy atom. The molecular formula is C15H17N3O2S. The summed E-state index contributed by atoms with van der Waals surface area (Å²) in [7, 11) is 3.27. The van der Waals surface area contributed by atoms with Crippen molar-refractivity contribution in [2.75, 3.05) is 19.5 Å². The first-order valence-corrected chi connectivity index (χ1v) is 7.48. The van der Waals surface area contributed by atoms with Gasteiger partial charge < -0.3 is 14.8 Å². The molecule has 0 unspecified atom stereocenters. The highest BCUT2D eigenvalue weighted by molar-refractivity contribution is 7.15. The molecule has 1 aromatic carbocycles. The Morgan fingerprint density at radius 1 is 1.24 bits per heavy atom. The first kappa shape index (κ1) is 13.8. The second kappa shape index (κ2) is 5.65. The van der Waals surface area contributed by atoms with Crippen molar-refractivity contribution in [2.24, 2.45) is 0 Å². The molecule has 0 saturated heterocycles. The molecule has 0 aliphatic carbocycles. The van der Waals surface area contributed by atoms with Gasteiger partial charge in [0.05, 0.1) is 32.2 Å². The van der Waals surface area contributed by atoms with Gasteiger partial charge in [-0.2, -0.15) is 0 Å². The molecule has 110 valence electrons. The molecule has 0 saturated carbocycles. The van der Waals surface area contributed by atoms with Crippen molar-refractivity contribution in [3.63, 3.8) is 0 Å². The Labute approximate surface area is 127 Å². The number of anilines is 1. The Bertz CT molecular complexity index is 763. The number of imidazole rings is 1. The van der Waals surface area contributed by atoms with Gasteiger partial charge in [0.15, 0.2) is 16.5 Å². The molecule has 0 aliphatic heterocycles. The molecule has 3 aromatic rings. The van der Waals surface area contributed by atoms with Gasteiger partial charge in [0.2, 0.25) is 0 Å². The lowest BCUT2D eigenvalue weighted by atomic mass is 10.2. The third kappa shape index (κ3) is 2.54. The van der Waals surface area contributed by atoms with Crippen molar-refractivity contribution in [1.29, 1.82) is 0 Å². The van der Waals surface area contributed by atoms with E-state index in [9.17, 15) is 0 Å². The van der Waals surface area contributed by atoms with Gasteiger partial charge in [0.25, 0.3) is 0 Å². The number of aryl methyl sites for hydroxylation is 1. The van der Waals surface area contributed by atoms with Crippen molar-refractivity contribution in [3.8, 4) is 11.5 Å². The van der Waals surface area contributed by atoms with Crippen molar-refractivity contribution in [2.45, 2.75) is 13.5 Å². The summed E-state index contributed by atoms with van der Waals surface area (Å²) in [5.74, 6) is 1.44. The number of methoxy groups -OCH3 is 2. The first-order chi connectivity index (χ1) is 10.2. The van der Waals surface area contributed by atoms with Crippen molar-refractivity contribution >= 4 is 22.0 Å². The van der Waals surface area contributed by atoms with Gasteiger partial charge in [-0.05, 0) is 19.1 Å². The van der Waals surface area contributed by atoms with E-state index in [0.717, 1.165) is 22.1 Å². The number of fused-ring (bicyclic) bond motifs is 1. The highest BCUT2D eigenvalue weighted by Gasteiger charge is 2.10. The van der Waals surface area contributed by atoms with Crippen LogP contribution in [0.2, 0.25) is 0 Å². The van der Waals surface area contributed by atoms with Gasteiger partial charge >= 0.3 is 0 Å². The summed E-state index contributed by atoms with van der Waals surface area (Å²) in [4.78, 5) is 5.57. The summed E-state index contributed by atoms with van der Waals surface area (Å²) in [6.45, 7) is 2.74. The lowest BCUT2D eigenvalue weighted by Gasteiger charge is -2.11. The molecule has 21 heavy (non-hydrogen) atoms. The molecule has 0 atom stereocenters. The standard InChI is InChI=1S/C15H17N3O2S/c1-10-12(18-6-7-21-15(18)17-10)9-16-11-4-5-13(19-2)14(8-11)20-3/h4-8,16H,9H2,1-3H3. The minimum Gasteiger partial charge on any atom is -0.493 e. The topological polar surface area (TPSA) is 47.8 Å². The van der Waals surface area contributed by atoms with Crippen molar-refractivity contribution in [1.82, 2.24) is 9.38 Å². The van der Waals surface area contributed by atoms with E-state index >= 15 is 0 Å². The smallest absolute Gasteiger partial charge is 0.194 e. The summed E-state index contributed by atoms with van der Waals surface area (Å²) >= 11 is 1.64. The van der Waals surface area contributed by atoms with Crippen LogP contribution in [0.3, 0.4) is 0 Å². The molecule has 2 aromatic heterocycles. The van der Waals surface area contributed by atoms with E-state index in [4.69, 9.17) is 9.47 Å². The summed E-state index contributed by atoms with van der Waals surface area (Å²) in [6.07, 6.45) is 2.05. The molecule has 0 spiro atoms. The fraction of sp³-hybridized carbons (Fsp3) is 0.267. The van der Waals surface area contributed by atoms with Crippen LogP contribution in [0.4, 0.5) is 5.69 Å². The highest BCUT2D eigenvalue weighted by atomic mass is 32.1.